The van der Waals surface area contributed by atoms with Gasteiger partial charge in [0, 0.05) is 5.92 Å². The minimum absolute atomic E-state index is 0.167. The Kier molecular flexibility index (Phi) is 4.45. The minimum Gasteiger partial charge on any atom is -0.300 e. The van der Waals surface area contributed by atoms with Gasteiger partial charge < -0.3 is 4.79 Å². The number of fused-ring (bicyclic) bond motifs is 2. The number of hydrogen-bond acceptors (Lipinski definition) is 2. The maximum Gasteiger partial charge on any atom is 0.136 e. The lowest BCUT2D eigenvalue weighted by Gasteiger charge is -2.17. The van der Waals surface area contributed by atoms with Crippen LogP contribution in [0.3, 0.4) is 0 Å². The van der Waals surface area contributed by atoms with Crippen LogP contribution in [-0.4, -0.2) is 11.6 Å². The highest BCUT2D eigenvalue weighted by Crippen LogP contribution is 2.46. The van der Waals surface area contributed by atoms with Crippen LogP contribution in [0.2, 0.25) is 0 Å². The first kappa shape index (κ1) is 13.1. The second-order valence-electron chi connectivity index (χ2n) is 5.18. The van der Waals surface area contributed by atoms with Crippen LogP contribution < -0.4 is 0 Å². The van der Waals surface area contributed by atoms with E-state index in [4.69, 9.17) is 0 Å². The molecule has 0 aliphatic heterocycles. The van der Waals surface area contributed by atoms with Crippen molar-refractivity contribution in [1.82, 2.24) is 0 Å². The third kappa shape index (κ3) is 3.29. The predicted molar refractivity (Wildman–Crippen MR) is 65.1 cm³/mol. The summed E-state index contributed by atoms with van der Waals surface area (Å²) >= 11 is 0. The van der Waals surface area contributed by atoms with Crippen molar-refractivity contribution in [2.75, 3.05) is 0 Å². The highest BCUT2D eigenvalue weighted by Gasteiger charge is 2.35. The first-order valence-corrected chi connectivity index (χ1v) is 6.11. The van der Waals surface area contributed by atoms with Crippen LogP contribution in [0.4, 0.5) is 0 Å². The Labute approximate surface area is 98.1 Å². The molecule has 0 aromatic rings. The molecular weight excluding hydrogens is 200 g/mol. The number of carbonyl (C=O) groups is 2. The van der Waals surface area contributed by atoms with Crippen molar-refractivity contribution in [2.24, 2.45) is 17.8 Å². The standard InChI is InChI=1S/C11H16O.C3H6O/c1-7(8(2)12)11-6-9-3-4-10(11)5-9;1-3(2)4/h6-7,9-10H,3-5H2,1-2H3;1-2H3. The molecule has 3 unspecified atom stereocenters. The molecule has 2 rings (SSSR count). The average Bonchev–Trinajstić information content (AvgIpc) is 2.76. The molecule has 3 atom stereocenters. The van der Waals surface area contributed by atoms with Crippen molar-refractivity contribution in [3.63, 3.8) is 0 Å². The van der Waals surface area contributed by atoms with Gasteiger partial charge in [0.25, 0.3) is 0 Å². The number of ketones is 2. The fraction of sp³-hybridized carbons (Fsp3) is 0.714. The van der Waals surface area contributed by atoms with Crippen molar-refractivity contribution in [3.8, 4) is 0 Å². The number of hydrogen-bond donors (Lipinski definition) is 0. The van der Waals surface area contributed by atoms with Gasteiger partial charge in [-0.2, -0.15) is 0 Å². The van der Waals surface area contributed by atoms with Gasteiger partial charge in [-0.15, -0.1) is 0 Å². The smallest absolute Gasteiger partial charge is 0.136 e. The topological polar surface area (TPSA) is 34.1 Å². The summed E-state index contributed by atoms with van der Waals surface area (Å²) in [7, 11) is 0. The van der Waals surface area contributed by atoms with Crippen LogP contribution in [-0.2, 0) is 9.59 Å². The summed E-state index contributed by atoms with van der Waals surface area (Å²) in [4.78, 5) is 20.6. The quantitative estimate of drug-likeness (QED) is 0.672. The van der Waals surface area contributed by atoms with Crippen LogP contribution in [0.5, 0.6) is 0 Å². The van der Waals surface area contributed by atoms with Gasteiger partial charge in [0.05, 0.1) is 0 Å². The van der Waals surface area contributed by atoms with Crippen LogP contribution in [0.1, 0.15) is 47.0 Å². The monoisotopic (exact) mass is 222 g/mol. The molecule has 0 aromatic heterocycles. The summed E-state index contributed by atoms with van der Waals surface area (Å²) in [5.41, 5.74) is 1.44. The van der Waals surface area contributed by atoms with Gasteiger partial charge in [0.15, 0.2) is 0 Å². The molecule has 0 amide bonds. The number of rotatable bonds is 2. The van der Waals surface area contributed by atoms with E-state index in [1.54, 1.807) is 6.92 Å². The largest absolute Gasteiger partial charge is 0.300 e. The lowest BCUT2D eigenvalue weighted by molar-refractivity contribution is -0.119. The van der Waals surface area contributed by atoms with E-state index in [9.17, 15) is 9.59 Å². The molecule has 0 spiro atoms. The molecule has 2 heteroatoms. The molecule has 1 saturated carbocycles. The Morgan fingerprint density at radius 1 is 1.25 bits per heavy atom. The van der Waals surface area contributed by atoms with Gasteiger partial charge in [-0.1, -0.05) is 18.6 Å². The Hall–Kier alpha value is -0.920. The summed E-state index contributed by atoms with van der Waals surface area (Å²) in [6.45, 7) is 6.81. The Bertz CT molecular complexity index is 311. The summed E-state index contributed by atoms with van der Waals surface area (Å²) in [5, 5.41) is 0. The van der Waals surface area contributed by atoms with Crippen molar-refractivity contribution >= 4 is 11.6 Å². The zero-order chi connectivity index (χ0) is 12.3. The first-order valence-electron chi connectivity index (χ1n) is 6.11. The number of allylic oxidation sites excluding steroid dienone is 2. The van der Waals surface area contributed by atoms with Gasteiger partial charge in [-0.05, 0) is 51.9 Å². The van der Waals surface area contributed by atoms with Gasteiger partial charge in [0.1, 0.15) is 11.6 Å². The molecule has 2 nitrogen and oxygen atoms in total. The highest BCUT2D eigenvalue weighted by atomic mass is 16.1. The van der Waals surface area contributed by atoms with E-state index in [1.807, 2.05) is 0 Å². The van der Waals surface area contributed by atoms with Crippen LogP contribution in [0, 0.1) is 17.8 Å². The lowest BCUT2D eigenvalue weighted by atomic mass is 9.87. The normalized spacial score (nSPS) is 27.9. The van der Waals surface area contributed by atoms with Crippen LogP contribution in [0.15, 0.2) is 11.6 Å². The zero-order valence-corrected chi connectivity index (χ0v) is 10.7. The third-order valence-electron chi connectivity index (χ3n) is 3.48. The minimum atomic E-state index is 0.167. The Morgan fingerprint density at radius 3 is 2.12 bits per heavy atom. The molecule has 0 N–H and O–H groups in total. The van der Waals surface area contributed by atoms with Crippen molar-refractivity contribution in [1.29, 1.82) is 0 Å². The van der Waals surface area contributed by atoms with E-state index >= 15 is 0 Å². The van der Waals surface area contributed by atoms with E-state index < -0.39 is 0 Å². The number of carbonyl (C=O) groups excluding carboxylic acids is 2. The van der Waals surface area contributed by atoms with Gasteiger partial charge in [-0.3, -0.25) is 4.79 Å². The maximum absolute atomic E-state index is 11.2. The molecule has 90 valence electrons. The van der Waals surface area contributed by atoms with E-state index in [0.29, 0.717) is 5.78 Å². The van der Waals surface area contributed by atoms with Crippen molar-refractivity contribution < 1.29 is 9.59 Å². The average molecular weight is 222 g/mol. The molecule has 0 radical (unpaired) electrons. The van der Waals surface area contributed by atoms with E-state index in [-0.39, 0.29) is 11.7 Å². The second-order valence-corrected chi connectivity index (χ2v) is 5.18. The van der Waals surface area contributed by atoms with E-state index in [0.717, 1.165) is 11.8 Å². The van der Waals surface area contributed by atoms with Gasteiger partial charge >= 0.3 is 0 Å². The summed E-state index contributed by atoms with van der Waals surface area (Å²) in [5.74, 6) is 2.26. The maximum atomic E-state index is 11.2. The summed E-state index contributed by atoms with van der Waals surface area (Å²) in [6.07, 6.45) is 6.38. The Balaban J connectivity index is 0.000000280. The number of Topliss-reactive ketones (excluding diaryl/α,β-unsaturated/α-hetero) is 2. The fourth-order valence-corrected chi connectivity index (χ4v) is 2.61. The molecule has 2 aliphatic rings. The van der Waals surface area contributed by atoms with Crippen LogP contribution in [0.25, 0.3) is 0 Å². The predicted octanol–water partition coefficient (Wildman–Crippen LogP) is 3.16. The van der Waals surface area contributed by atoms with Crippen LogP contribution >= 0.6 is 0 Å². The van der Waals surface area contributed by atoms with E-state index in [1.165, 1.54) is 38.7 Å². The summed E-state index contributed by atoms with van der Waals surface area (Å²) in [6, 6.07) is 0. The lowest BCUT2D eigenvalue weighted by Crippen LogP contribution is -2.14. The fourth-order valence-electron chi connectivity index (χ4n) is 2.61. The molecule has 1 fully saturated rings. The molecule has 0 saturated heterocycles. The second kappa shape index (κ2) is 5.42. The highest BCUT2D eigenvalue weighted by molar-refractivity contribution is 5.81. The third-order valence-corrected chi connectivity index (χ3v) is 3.48. The van der Waals surface area contributed by atoms with Gasteiger partial charge in [-0.25, -0.2) is 0 Å². The molecule has 2 bridgehead atoms. The molecule has 0 heterocycles. The molecule has 16 heavy (non-hydrogen) atoms. The Morgan fingerprint density at radius 2 is 1.81 bits per heavy atom. The SMILES string of the molecule is CC(=O)C(C)C1=CC2CCC1C2.CC(C)=O. The zero-order valence-electron chi connectivity index (χ0n) is 10.7. The molecule has 0 aromatic carbocycles. The first-order chi connectivity index (χ1) is 7.41. The van der Waals surface area contributed by atoms with Crippen molar-refractivity contribution in [2.45, 2.75) is 47.0 Å². The van der Waals surface area contributed by atoms with E-state index in [2.05, 4.69) is 13.0 Å². The molecule has 2 aliphatic carbocycles. The van der Waals surface area contributed by atoms with Crippen molar-refractivity contribution in [3.05, 3.63) is 11.6 Å². The summed E-state index contributed by atoms with van der Waals surface area (Å²) < 4.78 is 0. The molecular formula is C14H22O2. The van der Waals surface area contributed by atoms with Gasteiger partial charge in [0.2, 0.25) is 0 Å².